The molecule has 0 spiro atoms. The lowest BCUT2D eigenvalue weighted by Gasteiger charge is -2.17. The van der Waals surface area contributed by atoms with Gasteiger partial charge in [-0.05, 0) is 43.5 Å². The summed E-state index contributed by atoms with van der Waals surface area (Å²) in [4.78, 5) is 4.79. The van der Waals surface area contributed by atoms with Gasteiger partial charge in [0.15, 0.2) is 0 Å². The molecule has 4 heteroatoms. The molecule has 0 radical (unpaired) electrons. The fourth-order valence-electron chi connectivity index (χ4n) is 3.11. The van der Waals surface area contributed by atoms with Gasteiger partial charge in [0.05, 0.1) is 23.6 Å². The molecule has 25 heavy (non-hydrogen) atoms. The van der Waals surface area contributed by atoms with E-state index in [0.29, 0.717) is 12.5 Å². The van der Waals surface area contributed by atoms with E-state index in [0.717, 1.165) is 35.6 Å². The quantitative estimate of drug-likeness (QED) is 0.692. The highest BCUT2D eigenvalue weighted by Crippen LogP contribution is 2.24. The highest BCUT2D eigenvalue weighted by atomic mass is 16.5. The van der Waals surface area contributed by atoms with Crippen molar-refractivity contribution in [3.8, 4) is 5.75 Å². The molecule has 0 amide bonds. The normalized spacial score (nSPS) is 12.7. The lowest BCUT2D eigenvalue weighted by molar-refractivity contribution is 0.296. The monoisotopic (exact) mass is 337 g/mol. The Labute approximate surface area is 149 Å². The molecule has 4 nitrogen and oxygen atoms in total. The van der Waals surface area contributed by atoms with Gasteiger partial charge in [0.2, 0.25) is 0 Å². The van der Waals surface area contributed by atoms with E-state index in [1.807, 2.05) is 30.3 Å². The Bertz CT molecular complexity index is 821. The van der Waals surface area contributed by atoms with Crippen LogP contribution >= 0.6 is 0 Å². The summed E-state index contributed by atoms with van der Waals surface area (Å²) < 4.78 is 8.11. The van der Waals surface area contributed by atoms with Crippen LogP contribution in [0.25, 0.3) is 11.0 Å². The first-order valence-electron chi connectivity index (χ1n) is 8.95. The van der Waals surface area contributed by atoms with Gasteiger partial charge in [-0.2, -0.15) is 0 Å². The molecule has 1 heterocycles. The molecule has 0 aliphatic rings. The summed E-state index contributed by atoms with van der Waals surface area (Å²) >= 11 is 0. The zero-order valence-corrected chi connectivity index (χ0v) is 15.3. The number of rotatable bonds is 7. The Morgan fingerprint density at radius 1 is 1.08 bits per heavy atom. The summed E-state index contributed by atoms with van der Waals surface area (Å²) in [6.45, 7) is 7.77. The van der Waals surface area contributed by atoms with Crippen molar-refractivity contribution >= 4 is 11.0 Å². The van der Waals surface area contributed by atoms with Gasteiger partial charge in [-0.1, -0.05) is 43.7 Å². The summed E-state index contributed by atoms with van der Waals surface area (Å²) in [6.07, 6.45) is 0.919. The van der Waals surface area contributed by atoms with Crippen molar-refractivity contribution in [1.29, 1.82) is 0 Å². The number of nitrogens with zero attached hydrogens (tertiary/aromatic N) is 2. The standard InChI is InChI=1S/C21H27N3O/c1-15(2)14-18(22)21-23-19-6-4-5-7-20(19)24(21)12-13-25-17-10-8-16(3)9-11-17/h4-11,15,18H,12-14,22H2,1-3H3. The van der Waals surface area contributed by atoms with E-state index in [4.69, 9.17) is 15.5 Å². The number of hydrogen-bond donors (Lipinski definition) is 1. The number of fused-ring (bicyclic) bond motifs is 1. The zero-order valence-electron chi connectivity index (χ0n) is 15.3. The number of nitrogens with two attached hydrogens (primary N) is 1. The number of aryl methyl sites for hydroxylation is 1. The molecule has 1 unspecified atom stereocenters. The first-order valence-corrected chi connectivity index (χ1v) is 8.95. The Kier molecular flexibility index (Phi) is 5.39. The summed E-state index contributed by atoms with van der Waals surface area (Å²) in [5.41, 5.74) is 9.77. The molecule has 3 rings (SSSR count). The van der Waals surface area contributed by atoms with Crippen LogP contribution in [0.5, 0.6) is 5.75 Å². The maximum absolute atomic E-state index is 6.44. The van der Waals surface area contributed by atoms with Gasteiger partial charge < -0.3 is 15.0 Å². The summed E-state index contributed by atoms with van der Waals surface area (Å²) in [5, 5.41) is 0. The minimum atomic E-state index is -0.0632. The van der Waals surface area contributed by atoms with E-state index >= 15 is 0 Å². The third-order valence-electron chi connectivity index (χ3n) is 4.35. The second-order valence-electron chi connectivity index (χ2n) is 7.01. The maximum Gasteiger partial charge on any atom is 0.126 e. The first-order chi connectivity index (χ1) is 12.0. The van der Waals surface area contributed by atoms with Gasteiger partial charge >= 0.3 is 0 Å². The molecule has 1 aromatic heterocycles. The molecule has 1 atom stereocenters. The number of benzene rings is 2. The fourth-order valence-corrected chi connectivity index (χ4v) is 3.11. The van der Waals surface area contributed by atoms with E-state index < -0.39 is 0 Å². The SMILES string of the molecule is Cc1ccc(OCCn2c(C(N)CC(C)C)nc3ccccc32)cc1. The van der Waals surface area contributed by atoms with Crippen molar-refractivity contribution in [1.82, 2.24) is 9.55 Å². The molecule has 0 aliphatic heterocycles. The molecule has 0 aliphatic carbocycles. The number of aromatic nitrogens is 2. The Morgan fingerprint density at radius 2 is 1.80 bits per heavy atom. The molecule has 0 saturated carbocycles. The van der Waals surface area contributed by atoms with Gasteiger partial charge in [0.1, 0.15) is 18.2 Å². The van der Waals surface area contributed by atoms with E-state index in [1.165, 1.54) is 5.56 Å². The van der Waals surface area contributed by atoms with Gasteiger partial charge in [-0.25, -0.2) is 4.98 Å². The third-order valence-corrected chi connectivity index (χ3v) is 4.35. The van der Waals surface area contributed by atoms with E-state index in [2.05, 4.69) is 43.5 Å². The summed E-state index contributed by atoms with van der Waals surface area (Å²) in [6, 6.07) is 16.3. The topological polar surface area (TPSA) is 53.1 Å². The van der Waals surface area contributed by atoms with E-state index in [1.54, 1.807) is 0 Å². The van der Waals surface area contributed by atoms with Crippen LogP contribution in [0.2, 0.25) is 0 Å². The van der Waals surface area contributed by atoms with Crippen LogP contribution in [0.3, 0.4) is 0 Å². The highest BCUT2D eigenvalue weighted by molar-refractivity contribution is 5.76. The van der Waals surface area contributed by atoms with Gasteiger partial charge in [-0.3, -0.25) is 0 Å². The molecule has 0 fully saturated rings. The second kappa shape index (κ2) is 7.70. The predicted octanol–water partition coefficient (Wildman–Crippen LogP) is 4.47. The van der Waals surface area contributed by atoms with Crippen LogP contribution in [0.15, 0.2) is 48.5 Å². The van der Waals surface area contributed by atoms with Crippen LogP contribution < -0.4 is 10.5 Å². The lowest BCUT2D eigenvalue weighted by Crippen LogP contribution is -2.20. The fraction of sp³-hybridized carbons (Fsp3) is 0.381. The van der Waals surface area contributed by atoms with Crippen molar-refractivity contribution < 1.29 is 4.74 Å². The maximum atomic E-state index is 6.44. The molecule has 3 aromatic rings. The molecule has 0 saturated heterocycles. The van der Waals surface area contributed by atoms with E-state index in [-0.39, 0.29) is 6.04 Å². The average molecular weight is 337 g/mol. The molecule has 2 aromatic carbocycles. The van der Waals surface area contributed by atoms with Crippen LogP contribution in [-0.4, -0.2) is 16.2 Å². The predicted molar refractivity (Wildman–Crippen MR) is 103 cm³/mol. The summed E-state index contributed by atoms with van der Waals surface area (Å²) in [5.74, 6) is 2.37. The van der Waals surface area contributed by atoms with Crippen molar-refractivity contribution in [3.05, 3.63) is 59.9 Å². The second-order valence-corrected chi connectivity index (χ2v) is 7.01. The molecular formula is C21H27N3O. The van der Waals surface area contributed by atoms with Crippen LogP contribution in [-0.2, 0) is 6.54 Å². The minimum absolute atomic E-state index is 0.0632. The highest BCUT2D eigenvalue weighted by Gasteiger charge is 2.18. The van der Waals surface area contributed by atoms with Crippen molar-refractivity contribution in [2.24, 2.45) is 11.7 Å². The third kappa shape index (κ3) is 4.20. The smallest absolute Gasteiger partial charge is 0.126 e. The van der Waals surface area contributed by atoms with Crippen molar-refractivity contribution in [3.63, 3.8) is 0 Å². The lowest BCUT2D eigenvalue weighted by atomic mass is 10.0. The molecule has 2 N–H and O–H groups in total. The number of para-hydroxylation sites is 2. The summed E-state index contributed by atoms with van der Waals surface area (Å²) in [7, 11) is 0. The zero-order chi connectivity index (χ0) is 17.8. The molecule has 0 bridgehead atoms. The Balaban J connectivity index is 1.79. The van der Waals surface area contributed by atoms with Gasteiger partial charge in [0, 0.05) is 0 Å². The minimum Gasteiger partial charge on any atom is -0.492 e. The number of ether oxygens (including phenoxy) is 1. The van der Waals surface area contributed by atoms with Crippen LogP contribution in [0, 0.1) is 12.8 Å². The molecular weight excluding hydrogens is 310 g/mol. The van der Waals surface area contributed by atoms with Crippen molar-refractivity contribution in [2.75, 3.05) is 6.61 Å². The van der Waals surface area contributed by atoms with Gasteiger partial charge in [0.25, 0.3) is 0 Å². The first kappa shape index (κ1) is 17.5. The van der Waals surface area contributed by atoms with Crippen molar-refractivity contribution in [2.45, 2.75) is 39.8 Å². The van der Waals surface area contributed by atoms with Gasteiger partial charge in [-0.15, -0.1) is 0 Å². The molecule has 132 valence electrons. The number of hydrogen-bond acceptors (Lipinski definition) is 3. The average Bonchev–Trinajstić information content (AvgIpc) is 2.95. The Hall–Kier alpha value is -2.33. The van der Waals surface area contributed by atoms with Crippen LogP contribution in [0.1, 0.15) is 37.7 Å². The van der Waals surface area contributed by atoms with Crippen LogP contribution in [0.4, 0.5) is 0 Å². The number of imidazole rings is 1. The largest absolute Gasteiger partial charge is 0.492 e. The Morgan fingerprint density at radius 3 is 2.52 bits per heavy atom. The van der Waals surface area contributed by atoms with E-state index in [9.17, 15) is 0 Å².